The van der Waals surface area contributed by atoms with E-state index in [0.29, 0.717) is 17.0 Å². The van der Waals surface area contributed by atoms with Crippen LogP contribution in [0.25, 0.3) is 16.9 Å². The lowest BCUT2D eigenvalue weighted by Crippen LogP contribution is -2.31. The van der Waals surface area contributed by atoms with Crippen molar-refractivity contribution in [2.75, 3.05) is 11.4 Å². The Kier molecular flexibility index (Phi) is 2.25. The maximum atomic E-state index is 12.7. The quantitative estimate of drug-likeness (QED) is 0.635. The third-order valence-corrected chi connectivity index (χ3v) is 5.45. The Bertz CT molecular complexity index is 991. The van der Waals surface area contributed by atoms with Gasteiger partial charge in [0.05, 0.1) is 23.3 Å². The van der Waals surface area contributed by atoms with Gasteiger partial charge < -0.3 is 0 Å². The second-order valence-corrected chi connectivity index (χ2v) is 6.97. The van der Waals surface area contributed by atoms with E-state index in [2.05, 4.69) is 10.1 Å². The summed E-state index contributed by atoms with van der Waals surface area (Å²) in [5.41, 5.74) is 3.37. The van der Waals surface area contributed by atoms with E-state index < -0.39 is 10.0 Å². The molecular weight excluding hydrogens is 288 g/mol. The first-order valence-electron chi connectivity index (χ1n) is 6.44. The maximum Gasteiger partial charge on any atom is 0.267 e. The van der Waals surface area contributed by atoms with Crippen molar-refractivity contribution in [3.63, 3.8) is 0 Å². The van der Waals surface area contributed by atoms with Gasteiger partial charge in [0.2, 0.25) is 0 Å². The molecule has 0 radical (unpaired) electrons. The average molecular weight is 300 g/mol. The first kappa shape index (κ1) is 12.3. The SMILES string of the molecule is Cc1cc2nc3c(cn2n1)S(=O)(=O)N(C)c1ccccc1-3. The molecule has 1 aromatic carbocycles. The number of benzene rings is 1. The summed E-state index contributed by atoms with van der Waals surface area (Å²) in [4.78, 5) is 4.68. The van der Waals surface area contributed by atoms with Gasteiger partial charge in [-0.2, -0.15) is 5.10 Å². The van der Waals surface area contributed by atoms with Crippen LogP contribution in [0.15, 0.2) is 41.4 Å². The lowest BCUT2D eigenvalue weighted by atomic mass is 10.1. The number of aryl methyl sites for hydroxylation is 1. The summed E-state index contributed by atoms with van der Waals surface area (Å²) >= 11 is 0. The fraction of sp³-hybridized carbons (Fsp3) is 0.143. The molecule has 0 saturated carbocycles. The van der Waals surface area contributed by atoms with Gasteiger partial charge in [-0.1, -0.05) is 18.2 Å². The van der Waals surface area contributed by atoms with E-state index in [1.165, 1.54) is 15.0 Å². The number of sulfonamides is 1. The van der Waals surface area contributed by atoms with Crippen molar-refractivity contribution in [3.05, 3.63) is 42.2 Å². The molecule has 0 fully saturated rings. The molecule has 3 heterocycles. The zero-order valence-electron chi connectivity index (χ0n) is 11.5. The van der Waals surface area contributed by atoms with Crippen LogP contribution in [0.5, 0.6) is 0 Å². The highest BCUT2D eigenvalue weighted by atomic mass is 32.2. The molecule has 1 aliphatic rings. The Hall–Kier alpha value is -2.41. The number of hydrogen-bond acceptors (Lipinski definition) is 4. The van der Waals surface area contributed by atoms with Crippen LogP contribution >= 0.6 is 0 Å². The van der Waals surface area contributed by atoms with E-state index in [9.17, 15) is 8.42 Å². The molecule has 1 aliphatic heterocycles. The third kappa shape index (κ3) is 1.55. The Labute approximate surface area is 121 Å². The van der Waals surface area contributed by atoms with Crippen molar-refractivity contribution in [1.82, 2.24) is 14.6 Å². The van der Waals surface area contributed by atoms with Crippen molar-refractivity contribution < 1.29 is 8.42 Å². The summed E-state index contributed by atoms with van der Waals surface area (Å²) in [5, 5.41) is 4.24. The number of nitrogens with zero attached hydrogens (tertiary/aromatic N) is 4. The van der Waals surface area contributed by atoms with Crippen LogP contribution in [0, 0.1) is 6.92 Å². The lowest BCUT2D eigenvalue weighted by molar-refractivity contribution is 0.592. The molecule has 0 N–H and O–H groups in total. The van der Waals surface area contributed by atoms with Gasteiger partial charge in [-0.25, -0.2) is 17.9 Å². The number of aromatic nitrogens is 3. The van der Waals surface area contributed by atoms with Crippen LogP contribution in [0.2, 0.25) is 0 Å². The number of rotatable bonds is 0. The van der Waals surface area contributed by atoms with Gasteiger partial charge >= 0.3 is 0 Å². The van der Waals surface area contributed by atoms with Crippen molar-refractivity contribution in [2.24, 2.45) is 0 Å². The largest absolute Gasteiger partial charge is 0.269 e. The number of anilines is 1. The molecular formula is C14H12N4O2S. The summed E-state index contributed by atoms with van der Waals surface area (Å²) in [6.07, 6.45) is 1.53. The Morgan fingerprint density at radius 1 is 1.19 bits per heavy atom. The predicted octanol–water partition coefficient (Wildman–Crippen LogP) is 1.84. The van der Waals surface area contributed by atoms with Crippen LogP contribution in [0.3, 0.4) is 0 Å². The Morgan fingerprint density at radius 2 is 1.95 bits per heavy atom. The second-order valence-electron chi connectivity index (χ2n) is 5.03. The van der Waals surface area contributed by atoms with E-state index in [1.807, 2.05) is 31.2 Å². The highest BCUT2D eigenvalue weighted by molar-refractivity contribution is 7.93. The lowest BCUT2D eigenvalue weighted by Gasteiger charge is -2.28. The molecule has 7 heteroatoms. The van der Waals surface area contributed by atoms with E-state index in [-0.39, 0.29) is 4.90 Å². The Balaban J connectivity index is 2.18. The molecule has 0 atom stereocenters. The normalized spacial score (nSPS) is 15.8. The van der Waals surface area contributed by atoms with Crippen molar-refractivity contribution in [3.8, 4) is 11.3 Å². The van der Waals surface area contributed by atoms with Gasteiger partial charge in [-0.05, 0) is 13.0 Å². The van der Waals surface area contributed by atoms with Gasteiger partial charge in [0, 0.05) is 18.7 Å². The van der Waals surface area contributed by atoms with E-state index >= 15 is 0 Å². The number of hydrogen-bond donors (Lipinski definition) is 0. The zero-order chi connectivity index (χ0) is 14.8. The van der Waals surface area contributed by atoms with Crippen LogP contribution < -0.4 is 4.31 Å². The van der Waals surface area contributed by atoms with Crippen molar-refractivity contribution in [2.45, 2.75) is 11.8 Å². The maximum absolute atomic E-state index is 12.7. The molecule has 0 saturated heterocycles. The first-order valence-corrected chi connectivity index (χ1v) is 7.88. The average Bonchev–Trinajstić information content (AvgIpc) is 2.83. The number of fused-ring (bicyclic) bond motifs is 4. The molecule has 0 aliphatic carbocycles. The van der Waals surface area contributed by atoms with Crippen LogP contribution in [-0.4, -0.2) is 30.1 Å². The topological polar surface area (TPSA) is 67.6 Å². The van der Waals surface area contributed by atoms with E-state index in [1.54, 1.807) is 13.1 Å². The van der Waals surface area contributed by atoms with Gasteiger partial charge in [-0.15, -0.1) is 0 Å². The minimum absolute atomic E-state index is 0.180. The summed E-state index contributed by atoms with van der Waals surface area (Å²) in [5.74, 6) is 0. The summed E-state index contributed by atoms with van der Waals surface area (Å²) in [7, 11) is -2.06. The third-order valence-electron chi connectivity index (χ3n) is 3.67. The molecule has 0 unspecified atom stereocenters. The monoisotopic (exact) mass is 300 g/mol. The van der Waals surface area contributed by atoms with E-state index in [4.69, 9.17) is 0 Å². The van der Waals surface area contributed by atoms with Crippen molar-refractivity contribution in [1.29, 1.82) is 0 Å². The standard InChI is InChI=1S/C14H12N4O2S/c1-9-7-13-15-14-10-5-3-4-6-11(10)17(2)21(19,20)12(14)8-18(13)16-9/h3-8H,1-2H3. The zero-order valence-corrected chi connectivity index (χ0v) is 12.3. The van der Waals surface area contributed by atoms with Crippen LogP contribution in [-0.2, 0) is 10.0 Å². The van der Waals surface area contributed by atoms with Crippen molar-refractivity contribution >= 4 is 21.4 Å². The fourth-order valence-corrected chi connectivity index (χ4v) is 3.98. The summed E-state index contributed by atoms with van der Waals surface area (Å²) < 4.78 is 28.1. The van der Waals surface area contributed by atoms with Gasteiger partial charge in [0.25, 0.3) is 10.0 Å². The molecule has 3 aromatic rings. The van der Waals surface area contributed by atoms with E-state index in [0.717, 1.165) is 11.3 Å². The minimum atomic E-state index is -3.61. The molecule has 4 rings (SSSR count). The minimum Gasteiger partial charge on any atom is -0.269 e. The highest BCUT2D eigenvalue weighted by Gasteiger charge is 2.34. The summed E-state index contributed by atoms with van der Waals surface area (Å²) in [6.45, 7) is 1.85. The van der Waals surface area contributed by atoms with Gasteiger partial charge in [0.15, 0.2) is 5.65 Å². The molecule has 6 nitrogen and oxygen atoms in total. The summed E-state index contributed by atoms with van der Waals surface area (Å²) in [6, 6.07) is 9.18. The highest BCUT2D eigenvalue weighted by Crippen LogP contribution is 2.40. The molecule has 0 spiro atoms. The second kappa shape index (κ2) is 3.82. The Morgan fingerprint density at radius 3 is 2.76 bits per heavy atom. The molecule has 0 amide bonds. The predicted molar refractivity (Wildman–Crippen MR) is 78.7 cm³/mol. The fourth-order valence-electron chi connectivity index (χ4n) is 2.63. The van der Waals surface area contributed by atoms with Gasteiger partial charge in [-0.3, -0.25) is 4.31 Å². The van der Waals surface area contributed by atoms with Crippen LogP contribution in [0.1, 0.15) is 5.69 Å². The van der Waals surface area contributed by atoms with Crippen LogP contribution in [0.4, 0.5) is 5.69 Å². The smallest absolute Gasteiger partial charge is 0.267 e. The first-order chi connectivity index (χ1) is 9.98. The molecule has 2 aromatic heterocycles. The molecule has 106 valence electrons. The number of para-hydroxylation sites is 1. The van der Waals surface area contributed by atoms with Gasteiger partial charge in [0.1, 0.15) is 4.90 Å². The molecule has 21 heavy (non-hydrogen) atoms. The molecule has 0 bridgehead atoms.